The number of sulfonamides is 1. The van der Waals surface area contributed by atoms with Crippen LogP contribution in [0.3, 0.4) is 0 Å². The fourth-order valence-electron chi connectivity index (χ4n) is 2.29. The molecule has 0 saturated carbocycles. The van der Waals surface area contributed by atoms with E-state index in [1.165, 1.54) is 0 Å². The van der Waals surface area contributed by atoms with Gasteiger partial charge in [-0.2, -0.15) is 4.72 Å². The number of hydrogen-bond donors (Lipinski definition) is 3. The quantitative estimate of drug-likeness (QED) is 0.740. The number of aryl methyl sites for hydroxylation is 1. The van der Waals surface area contributed by atoms with Crippen LogP contribution in [0.4, 0.5) is 10.1 Å². The van der Waals surface area contributed by atoms with Crippen molar-refractivity contribution in [2.45, 2.75) is 37.6 Å². The highest BCUT2D eigenvalue weighted by atomic mass is 32.2. The van der Waals surface area contributed by atoms with Crippen LogP contribution < -0.4 is 10.0 Å². The number of fused-ring (bicyclic) bond motifs is 1. The molecule has 0 aliphatic carbocycles. The Kier molecular flexibility index (Phi) is 4.71. The lowest BCUT2D eigenvalue weighted by Crippen LogP contribution is -2.44. The molecule has 1 heterocycles. The maximum Gasteiger partial charge on any atom is 0.322 e. The molecule has 1 amide bonds. The third kappa shape index (κ3) is 3.67. The van der Waals surface area contributed by atoms with Gasteiger partial charge in [-0.25, -0.2) is 12.8 Å². The summed E-state index contributed by atoms with van der Waals surface area (Å²) in [7, 11) is -4.35. The minimum atomic E-state index is -4.35. The average molecular weight is 344 g/mol. The molecule has 23 heavy (non-hydrogen) atoms. The monoisotopic (exact) mass is 344 g/mol. The van der Waals surface area contributed by atoms with Crippen LogP contribution in [0.2, 0.25) is 0 Å². The Balaban J connectivity index is 2.40. The number of nitrogens with one attached hydrogen (secondary N) is 2. The molecule has 0 bridgehead atoms. The molecule has 9 heteroatoms. The first-order chi connectivity index (χ1) is 10.6. The van der Waals surface area contributed by atoms with Crippen molar-refractivity contribution in [1.29, 1.82) is 0 Å². The predicted octanol–water partition coefficient (Wildman–Crippen LogP) is 1.10. The third-order valence-electron chi connectivity index (χ3n) is 3.56. The number of amides is 1. The SMILES string of the molecule is CC(C)C(NS(=O)(=O)c1cc2c(cc1F)NC(=O)CC2)C(=O)O. The van der Waals surface area contributed by atoms with Crippen molar-refractivity contribution in [2.24, 2.45) is 5.92 Å². The number of carbonyl (C=O) groups excluding carboxylic acids is 1. The van der Waals surface area contributed by atoms with Crippen molar-refractivity contribution in [3.63, 3.8) is 0 Å². The van der Waals surface area contributed by atoms with E-state index in [1.807, 2.05) is 4.72 Å². The van der Waals surface area contributed by atoms with Crippen molar-refractivity contribution in [3.05, 3.63) is 23.5 Å². The van der Waals surface area contributed by atoms with Gasteiger partial charge in [-0.15, -0.1) is 0 Å². The second-order valence-electron chi connectivity index (χ2n) is 5.67. The van der Waals surface area contributed by atoms with Gasteiger partial charge >= 0.3 is 5.97 Å². The molecule has 1 atom stereocenters. The molecule has 0 fully saturated rings. The number of halogens is 1. The molecule has 1 aliphatic rings. The van der Waals surface area contributed by atoms with Crippen LogP contribution in [0.1, 0.15) is 25.8 Å². The largest absolute Gasteiger partial charge is 0.480 e. The summed E-state index contributed by atoms with van der Waals surface area (Å²) in [5.41, 5.74) is 0.721. The van der Waals surface area contributed by atoms with Gasteiger partial charge in [-0.1, -0.05) is 13.8 Å². The predicted molar refractivity (Wildman–Crippen MR) is 79.9 cm³/mol. The molecule has 126 valence electrons. The summed E-state index contributed by atoms with van der Waals surface area (Å²) in [5, 5.41) is 11.5. The molecule has 3 N–H and O–H groups in total. The van der Waals surface area contributed by atoms with Crippen molar-refractivity contribution in [3.8, 4) is 0 Å². The summed E-state index contributed by atoms with van der Waals surface area (Å²) >= 11 is 0. The number of aliphatic carboxylic acids is 1. The Hall–Kier alpha value is -2.00. The Morgan fingerprint density at radius 2 is 2.00 bits per heavy atom. The molecule has 1 aliphatic heterocycles. The standard InChI is InChI=1S/C14H17FN2O5S/c1-7(2)13(14(19)20)17-23(21,22)11-5-8-3-4-12(18)16-10(8)6-9(11)15/h5-7,13,17H,3-4H2,1-2H3,(H,16,18)(H,19,20). The van der Waals surface area contributed by atoms with Gasteiger partial charge in [-0.05, 0) is 30.0 Å². The Morgan fingerprint density at radius 3 is 2.57 bits per heavy atom. The lowest BCUT2D eigenvalue weighted by molar-refractivity contribution is -0.140. The zero-order valence-electron chi connectivity index (χ0n) is 12.6. The number of rotatable bonds is 5. The fraction of sp³-hybridized carbons (Fsp3) is 0.429. The summed E-state index contributed by atoms with van der Waals surface area (Å²) in [6.07, 6.45) is 0.464. The molecule has 1 unspecified atom stereocenters. The number of carboxylic acids is 1. The van der Waals surface area contributed by atoms with Crippen molar-refractivity contribution in [1.82, 2.24) is 4.72 Å². The highest BCUT2D eigenvalue weighted by Gasteiger charge is 2.31. The van der Waals surface area contributed by atoms with Gasteiger partial charge < -0.3 is 10.4 Å². The Labute approximate surface area is 132 Å². The molecule has 1 aromatic carbocycles. The topological polar surface area (TPSA) is 113 Å². The van der Waals surface area contributed by atoms with Gasteiger partial charge in [0.15, 0.2) is 0 Å². The highest BCUT2D eigenvalue weighted by Crippen LogP contribution is 2.28. The Morgan fingerprint density at radius 1 is 1.35 bits per heavy atom. The van der Waals surface area contributed by atoms with Gasteiger partial charge in [-0.3, -0.25) is 9.59 Å². The second-order valence-corrected chi connectivity index (χ2v) is 7.35. The van der Waals surface area contributed by atoms with Crippen LogP contribution in [-0.4, -0.2) is 31.4 Å². The van der Waals surface area contributed by atoms with Gasteiger partial charge in [0.2, 0.25) is 15.9 Å². The van der Waals surface area contributed by atoms with Crippen LogP contribution in [0.25, 0.3) is 0 Å². The Bertz CT molecular complexity index is 761. The van der Waals surface area contributed by atoms with Gasteiger partial charge in [0.1, 0.15) is 16.8 Å². The number of benzene rings is 1. The second kappa shape index (κ2) is 6.25. The smallest absolute Gasteiger partial charge is 0.322 e. The molecule has 0 spiro atoms. The summed E-state index contributed by atoms with van der Waals surface area (Å²) in [4.78, 5) is 21.8. The molecule has 0 aromatic heterocycles. The van der Waals surface area contributed by atoms with E-state index in [1.54, 1.807) is 13.8 Å². The maximum absolute atomic E-state index is 14.1. The van der Waals surface area contributed by atoms with Crippen molar-refractivity contribution < 1.29 is 27.5 Å². The maximum atomic E-state index is 14.1. The van der Waals surface area contributed by atoms with Crippen LogP contribution in [-0.2, 0) is 26.0 Å². The van der Waals surface area contributed by atoms with E-state index >= 15 is 0 Å². The van der Waals surface area contributed by atoms with Gasteiger partial charge in [0.25, 0.3) is 0 Å². The van der Waals surface area contributed by atoms with E-state index < -0.39 is 38.7 Å². The minimum Gasteiger partial charge on any atom is -0.480 e. The zero-order valence-corrected chi connectivity index (χ0v) is 13.4. The molecular formula is C14H17FN2O5S. The van der Waals surface area contributed by atoms with E-state index in [9.17, 15) is 22.4 Å². The van der Waals surface area contributed by atoms with E-state index in [-0.39, 0.29) is 24.4 Å². The zero-order chi connectivity index (χ0) is 17.4. The van der Waals surface area contributed by atoms with E-state index in [4.69, 9.17) is 5.11 Å². The van der Waals surface area contributed by atoms with E-state index in [0.717, 1.165) is 12.1 Å². The summed E-state index contributed by atoms with van der Waals surface area (Å²) < 4.78 is 40.8. The molecule has 7 nitrogen and oxygen atoms in total. The molecule has 2 rings (SSSR count). The van der Waals surface area contributed by atoms with Gasteiger partial charge in [0, 0.05) is 12.1 Å². The van der Waals surface area contributed by atoms with Crippen LogP contribution in [0.15, 0.2) is 17.0 Å². The number of anilines is 1. The van der Waals surface area contributed by atoms with E-state index in [0.29, 0.717) is 5.56 Å². The van der Waals surface area contributed by atoms with Crippen LogP contribution in [0, 0.1) is 11.7 Å². The normalized spacial score (nSPS) is 15.9. The fourth-order valence-corrected chi connectivity index (χ4v) is 3.74. The molecule has 1 aromatic rings. The number of carbonyl (C=O) groups is 2. The van der Waals surface area contributed by atoms with Crippen LogP contribution >= 0.6 is 0 Å². The lowest BCUT2D eigenvalue weighted by atomic mass is 10.0. The first-order valence-corrected chi connectivity index (χ1v) is 8.47. The number of carboxylic acid groups (broad SMARTS) is 1. The van der Waals surface area contributed by atoms with Crippen molar-refractivity contribution >= 4 is 27.6 Å². The van der Waals surface area contributed by atoms with Gasteiger partial charge in [0.05, 0.1) is 0 Å². The highest BCUT2D eigenvalue weighted by molar-refractivity contribution is 7.89. The molecular weight excluding hydrogens is 327 g/mol. The van der Waals surface area contributed by atoms with Crippen molar-refractivity contribution in [2.75, 3.05) is 5.32 Å². The van der Waals surface area contributed by atoms with Crippen LogP contribution in [0.5, 0.6) is 0 Å². The summed E-state index contributed by atoms with van der Waals surface area (Å²) in [6, 6.07) is 0.702. The minimum absolute atomic E-state index is 0.176. The average Bonchev–Trinajstić information content (AvgIpc) is 2.43. The first kappa shape index (κ1) is 17.4. The third-order valence-corrected chi connectivity index (χ3v) is 5.01. The summed E-state index contributed by atoms with van der Waals surface area (Å²) in [5.74, 6) is -3.17. The molecule has 0 saturated heterocycles. The summed E-state index contributed by atoms with van der Waals surface area (Å²) in [6.45, 7) is 3.08. The molecule has 0 radical (unpaired) electrons. The first-order valence-electron chi connectivity index (χ1n) is 6.99. The number of hydrogen-bond acceptors (Lipinski definition) is 4. The van der Waals surface area contributed by atoms with E-state index in [2.05, 4.69) is 5.32 Å². The lowest BCUT2D eigenvalue weighted by Gasteiger charge is -2.21.